The van der Waals surface area contributed by atoms with Gasteiger partial charge in [0.2, 0.25) is 0 Å². The number of ether oxygens (including phenoxy) is 1. The van der Waals surface area contributed by atoms with Crippen molar-refractivity contribution < 1.29 is 9.53 Å². The third kappa shape index (κ3) is 4.18. The lowest BCUT2D eigenvalue weighted by Crippen LogP contribution is -2.53. The average Bonchev–Trinajstić information content (AvgIpc) is 2.15. The van der Waals surface area contributed by atoms with E-state index in [0.717, 1.165) is 25.8 Å². The van der Waals surface area contributed by atoms with Gasteiger partial charge in [0.25, 0.3) is 0 Å². The molecule has 0 spiro atoms. The zero-order chi connectivity index (χ0) is 11.5. The molecule has 1 aliphatic heterocycles. The first-order valence-corrected chi connectivity index (χ1v) is 5.62. The normalized spacial score (nSPS) is 24.7. The van der Waals surface area contributed by atoms with Gasteiger partial charge < -0.3 is 15.8 Å². The molecule has 1 fully saturated rings. The molecule has 0 aliphatic carbocycles. The van der Waals surface area contributed by atoms with E-state index in [1.807, 2.05) is 20.8 Å². The standard InChI is InChI=1S/C11H22N2O2/c1-11(2,3)15-10(14)9(12)8-6-4-5-7-13-8/h8-9,13H,4-7,12H2,1-3H3/t8?,9-/m0/s1. The van der Waals surface area contributed by atoms with Gasteiger partial charge in [-0.25, -0.2) is 0 Å². The van der Waals surface area contributed by atoms with Crippen LogP contribution in [-0.4, -0.2) is 30.2 Å². The van der Waals surface area contributed by atoms with Gasteiger partial charge in [0.15, 0.2) is 0 Å². The zero-order valence-electron chi connectivity index (χ0n) is 9.88. The van der Waals surface area contributed by atoms with Crippen molar-refractivity contribution in [2.45, 2.75) is 57.7 Å². The third-order valence-corrected chi connectivity index (χ3v) is 2.46. The summed E-state index contributed by atoms with van der Waals surface area (Å²) < 4.78 is 5.25. The van der Waals surface area contributed by atoms with Crippen molar-refractivity contribution in [1.82, 2.24) is 5.32 Å². The molecule has 4 heteroatoms. The molecule has 3 N–H and O–H groups in total. The van der Waals surface area contributed by atoms with Crippen LogP contribution in [0.3, 0.4) is 0 Å². The van der Waals surface area contributed by atoms with Crippen LogP contribution in [0.25, 0.3) is 0 Å². The Kier molecular flexibility index (Phi) is 4.11. The number of carbonyl (C=O) groups is 1. The molecule has 1 aliphatic rings. The fourth-order valence-electron chi connectivity index (χ4n) is 1.72. The van der Waals surface area contributed by atoms with Crippen LogP contribution >= 0.6 is 0 Å². The summed E-state index contributed by atoms with van der Waals surface area (Å²) in [7, 11) is 0. The van der Waals surface area contributed by atoms with E-state index in [4.69, 9.17) is 10.5 Å². The number of carbonyl (C=O) groups excluding carboxylic acids is 1. The predicted octanol–water partition coefficient (Wildman–Crippen LogP) is 0.797. The molecule has 1 rings (SSSR count). The molecule has 0 aromatic rings. The summed E-state index contributed by atoms with van der Waals surface area (Å²) in [6.07, 6.45) is 3.26. The molecule has 0 saturated carbocycles. The molecule has 1 saturated heterocycles. The maximum atomic E-state index is 11.7. The van der Waals surface area contributed by atoms with Crippen LogP contribution in [0.4, 0.5) is 0 Å². The summed E-state index contributed by atoms with van der Waals surface area (Å²) in [6, 6.07) is -0.460. The summed E-state index contributed by atoms with van der Waals surface area (Å²) >= 11 is 0. The second kappa shape index (κ2) is 4.94. The predicted molar refractivity (Wildman–Crippen MR) is 59.5 cm³/mol. The van der Waals surface area contributed by atoms with Crippen LogP contribution in [0.1, 0.15) is 40.0 Å². The molecular formula is C11H22N2O2. The van der Waals surface area contributed by atoms with E-state index < -0.39 is 11.6 Å². The van der Waals surface area contributed by atoms with Crippen molar-refractivity contribution >= 4 is 5.97 Å². The first kappa shape index (κ1) is 12.5. The highest BCUT2D eigenvalue weighted by Gasteiger charge is 2.29. The minimum atomic E-state index is -0.537. The number of nitrogens with two attached hydrogens (primary N) is 1. The van der Waals surface area contributed by atoms with Gasteiger partial charge in [-0.2, -0.15) is 0 Å². The van der Waals surface area contributed by atoms with Crippen LogP contribution in [0.15, 0.2) is 0 Å². The van der Waals surface area contributed by atoms with Gasteiger partial charge in [0, 0.05) is 6.04 Å². The molecule has 2 atom stereocenters. The van der Waals surface area contributed by atoms with Crippen LogP contribution in [-0.2, 0) is 9.53 Å². The van der Waals surface area contributed by atoms with Crippen molar-refractivity contribution in [1.29, 1.82) is 0 Å². The number of nitrogens with one attached hydrogen (secondary N) is 1. The van der Waals surface area contributed by atoms with E-state index in [-0.39, 0.29) is 12.0 Å². The molecule has 0 bridgehead atoms. The van der Waals surface area contributed by atoms with Gasteiger partial charge in [-0.15, -0.1) is 0 Å². The highest BCUT2D eigenvalue weighted by atomic mass is 16.6. The molecule has 4 nitrogen and oxygen atoms in total. The Bertz CT molecular complexity index is 217. The lowest BCUT2D eigenvalue weighted by atomic mass is 9.98. The number of rotatable bonds is 2. The third-order valence-electron chi connectivity index (χ3n) is 2.46. The molecule has 15 heavy (non-hydrogen) atoms. The van der Waals surface area contributed by atoms with Gasteiger partial charge in [0.1, 0.15) is 11.6 Å². The van der Waals surface area contributed by atoms with Crippen LogP contribution in [0.5, 0.6) is 0 Å². The van der Waals surface area contributed by atoms with E-state index in [0.29, 0.717) is 0 Å². The first-order valence-electron chi connectivity index (χ1n) is 5.62. The van der Waals surface area contributed by atoms with Gasteiger partial charge in [0.05, 0.1) is 0 Å². The Balaban J connectivity index is 2.44. The summed E-state index contributed by atoms with van der Waals surface area (Å²) in [5, 5.41) is 3.26. The van der Waals surface area contributed by atoms with Crippen LogP contribution < -0.4 is 11.1 Å². The van der Waals surface area contributed by atoms with Gasteiger partial charge in [-0.3, -0.25) is 4.79 Å². The summed E-state index contributed by atoms with van der Waals surface area (Å²) in [4.78, 5) is 11.7. The second-order valence-electron chi connectivity index (χ2n) is 5.12. The van der Waals surface area contributed by atoms with Gasteiger partial charge in [-0.05, 0) is 40.2 Å². The molecule has 0 aromatic carbocycles. The largest absolute Gasteiger partial charge is 0.459 e. The van der Waals surface area contributed by atoms with Crippen molar-refractivity contribution in [3.63, 3.8) is 0 Å². The Morgan fingerprint density at radius 2 is 2.13 bits per heavy atom. The molecule has 0 radical (unpaired) electrons. The molecule has 1 heterocycles. The van der Waals surface area contributed by atoms with E-state index in [1.54, 1.807) is 0 Å². The summed E-state index contributed by atoms with van der Waals surface area (Å²) in [5.41, 5.74) is 5.41. The van der Waals surface area contributed by atoms with Crippen LogP contribution in [0.2, 0.25) is 0 Å². The molecule has 1 unspecified atom stereocenters. The maximum Gasteiger partial charge on any atom is 0.325 e. The SMILES string of the molecule is CC(C)(C)OC(=O)[C@@H](N)C1CCCCN1. The van der Waals surface area contributed by atoms with E-state index in [2.05, 4.69) is 5.32 Å². The lowest BCUT2D eigenvalue weighted by molar-refractivity contribution is -0.157. The number of piperidine rings is 1. The molecular weight excluding hydrogens is 192 g/mol. The minimum Gasteiger partial charge on any atom is -0.459 e. The van der Waals surface area contributed by atoms with Crippen molar-refractivity contribution in [2.75, 3.05) is 6.54 Å². The topological polar surface area (TPSA) is 64.3 Å². The summed E-state index contributed by atoms with van der Waals surface area (Å²) in [5.74, 6) is -0.304. The Hall–Kier alpha value is -0.610. The van der Waals surface area contributed by atoms with E-state index in [1.165, 1.54) is 0 Å². The smallest absolute Gasteiger partial charge is 0.325 e. The van der Waals surface area contributed by atoms with Crippen molar-refractivity contribution in [3.05, 3.63) is 0 Å². The fourth-order valence-corrected chi connectivity index (χ4v) is 1.72. The van der Waals surface area contributed by atoms with Gasteiger partial charge >= 0.3 is 5.97 Å². The van der Waals surface area contributed by atoms with Gasteiger partial charge in [-0.1, -0.05) is 6.42 Å². The lowest BCUT2D eigenvalue weighted by Gasteiger charge is -2.29. The Labute approximate surface area is 91.5 Å². The minimum absolute atomic E-state index is 0.0774. The van der Waals surface area contributed by atoms with Crippen molar-refractivity contribution in [3.8, 4) is 0 Å². The second-order valence-corrected chi connectivity index (χ2v) is 5.12. The molecule has 88 valence electrons. The average molecular weight is 214 g/mol. The Morgan fingerprint density at radius 1 is 1.47 bits per heavy atom. The molecule has 0 amide bonds. The Morgan fingerprint density at radius 3 is 2.60 bits per heavy atom. The van der Waals surface area contributed by atoms with Crippen LogP contribution in [0, 0.1) is 0 Å². The van der Waals surface area contributed by atoms with E-state index in [9.17, 15) is 4.79 Å². The number of esters is 1. The highest BCUT2D eigenvalue weighted by molar-refractivity contribution is 5.76. The molecule has 0 aromatic heterocycles. The maximum absolute atomic E-state index is 11.7. The first-order chi connectivity index (χ1) is 6.90. The number of hydrogen-bond acceptors (Lipinski definition) is 4. The fraction of sp³-hybridized carbons (Fsp3) is 0.909. The van der Waals surface area contributed by atoms with E-state index >= 15 is 0 Å². The number of hydrogen-bond donors (Lipinski definition) is 2. The monoisotopic (exact) mass is 214 g/mol. The summed E-state index contributed by atoms with van der Waals surface area (Å²) in [6.45, 7) is 6.50. The zero-order valence-corrected chi connectivity index (χ0v) is 9.88. The van der Waals surface area contributed by atoms with Crippen molar-refractivity contribution in [2.24, 2.45) is 5.73 Å². The highest BCUT2D eigenvalue weighted by Crippen LogP contribution is 2.13. The quantitative estimate of drug-likeness (QED) is 0.667.